The summed E-state index contributed by atoms with van der Waals surface area (Å²) in [5, 5.41) is 2.30. The fraction of sp³-hybridized carbons (Fsp3) is 0.0588. The number of benzene rings is 3. The second kappa shape index (κ2) is 6.04. The number of hydrogen-bond donors (Lipinski definition) is 0. The van der Waals surface area contributed by atoms with Gasteiger partial charge in [0.2, 0.25) is 0 Å². The second-order valence-electron chi connectivity index (χ2n) is 4.65. The van der Waals surface area contributed by atoms with Crippen LogP contribution in [0, 0.1) is 5.82 Å². The zero-order chi connectivity index (χ0) is 14.8. The van der Waals surface area contributed by atoms with Crippen molar-refractivity contribution in [2.75, 3.05) is 0 Å². The number of fused-ring (bicyclic) bond motifs is 1. The first-order chi connectivity index (χ1) is 10.1. The third kappa shape index (κ3) is 3.20. The smallest absolute Gasteiger partial charge is 0.148 e. The van der Waals surface area contributed by atoms with Gasteiger partial charge in [0, 0.05) is 10.0 Å². The summed E-state index contributed by atoms with van der Waals surface area (Å²) in [5.74, 6) is 0.271. The molecule has 0 fully saturated rings. The van der Waals surface area contributed by atoms with Gasteiger partial charge < -0.3 is 4.74 Å². The van der Waals surface area contributed by atoms with E-state index in [0.29, 0.717) is 11.3 Å². The molecule has 0 saturated carbocycles. The SMILES string of the molecule is Fc1c(Cl)cccc1COc1ccc2cc(Br)ccc2c1. The molecule has 3 aromatic carbocycles. The molecular formula is C17H11BrClFO. The van der Waals surface area contributed by atoms with Crippen LogP contribution in [0.15, 0.2) is 59.1 Å². The van der Waals surface area contributed by atoms with Crippen LogP contribution in [0.3, 0.4) is 0 Å². The van der Waals surface area contributed by atoms with Crippen LogP contribution in [0.2, 0.25) is 5.02 Å². The molecule has 0 aliphatic carbocycles. The number of hydrogen-bond acceptors (Lipinski definition) is 1. The molecule has 0 amide bonds. The van der Waals surface area contributed by atoms with Crippen molar-refractivity contribution in [3.05, 3.63) is 75.5 Å². The summed E-state index contributed by atoms with van der Waals surface area (Å²) >= 11 is 9.20. The Balaban J connectivity index is 1.82. The van der Waals surface area contributed by atoms with E-state index in [1.807, 2.05) is 36.4 Å². The molecule has 3 rings (SSSR count). The number of rotatable bonds is 3. The van der Waals surface area contributed by atoms with E-state index < -0.39 is 5.82 Å². The Labute approximate surface area is 135 Å². The van der Waals surface area contributed by atoms with Gasteiger partial charge in [-0.05, 0) is 41.1 Å². The van der Waals surface area contributed by atoms with E-state index in [1.165, 1.54) is 6.07 Å². The van der Waals surface area contributed by atoms with Gasteiger partial charge in [0.1, 0.15) is 18.2 Å². The molecule has 0 radical (unpaired) electrons. The van der Waals surface area contributed by atoms with Crippen LogP contribution in [0.4, 0.5) is 4.39 Å². The maximum atomic E-state index is 13.8. The summed E-state index contributed by atoms with van der Waals surface area (Å²) in [5.41, 5.74) is 0.443. The van der Waals surface area contributed by atoms with Gasteiger partial charge >= 0.3 is 0 Å². The lowest BCUT2D eigenvalue weighted by Gasteiger charge is -2.09. The van der Waals surface area contributed by atoms with Crippen molar-refractivity contribution in [2.45, 2.75) is 6.61 Å². The molecule has 0 N–H and O–H groups in total. The first kappa shape index (κ1) is 14.4. The number of ether oxygens (including phenoxy) is 1. The van der Waals surface area contributed by atoms with Gasteiger partial charge in [-0.15, -0.1) is 0 Å². The molecule has 3 aromatic rings. The molecule has 0 aromatic heterocycles. The quantitative estimate of drug-likeness (QED) is 0.555. The van der Waals surface area contributed by atoms with Crippen molar-refractivity contribution in [3.63, 3.8) is 0 Å². The minimum absolute atomic E-state index is 0.111. The molecular weight excluding hydrogens is 355 g/mol. The van der Waals surface area contributed by atoms with Crippen LogP contribution in [-0.2, 0) is 6.61 Å². The maximum absolute atomic E-state index is 13.8. The van der Waals surface area contributed by atoms with Crippen molar-refractivity contribution < 1.29 is 9.13 Å². The van der Waals surface area contributed by atoms with Gasteiger partial charge in [-0.25, -0.2) is 4.39 Å². The van der Waals surface area contributed by atoms with Gasteiger partial charge in [-0.1, -0.05) is 51.8 Å². The Morgan fingerprint density at radius 3 is 2.62 bits per heavy atom. The summed E-state index contributed by atoms with van der Waals surface area (Å²) in [7, 11) is 0. The molecule has 0 aliphatic rings. The Morgan fingerprint density at radius 2 is 1.76 bits per heavy atom. The predicted octanol–water partition coefficient (Wildman–Crippen LogP) is 5.97. The minimum Gasteiger partial charge on any atom is -0.489 e. The fourth-order valence-corrected chi connectivity index (χ4v) is 2.68. The van der Waals surface area contributed by atoms with Crippen LogP contribution in [0.5, 0.6) is 5.75 Å². The van der Waals surface area contributed by atoms with E-state index in [9.17, 15) is 4.39 Å². The standard InChI is InChI=1S/C17H11BrClFO/c18-14-6-4-12-9-15(7-5-11(12)8-14)21-10-13-2-1-3-16(19)17(13)20/h1-9H,10H2. The van der Waals surface area contributed by atoms with Gasteiger partial charge in [0.25, 0.3) is 0 Å². The predicted molar refractivity (Wildman–Crippen MR) is 87.4 cm³/mol. The van der Waals surface area contributed by atoms with E-state index in [-0.39, 0.29) is 11.6 Å². The van der Waals surface area contributed by atoms with E-state index in [4.69, 9.17) is 16.3 Å². The lowest BCUT2D eigenvalue weighted by atomic mass is 10.1. The fourth-order valence-electron chi connectivity index (χ4n) is 2.11. The Kier molecular flexibility index (Phi) is 4.13. The van der Waals surface area contributed by atoms with Crippen molar-refractivity contribution >= 4 is 38.3 Å². The van der Waals surface area contributed by atoms with E-state index in [1.54, 1.807) is 12.1 Å². The highest BCUT2D eigenvalue weighted by atomic mass is 79.9. The molecule has 1 nitrogen and oxygen atoms in total. The van der Waals surface area contributed by atoms with Crippen LogP contribution in [0.25, 0.3) is 10.8 Å². The monoisotopic (exact) mass is 364 g/mol. The Hall–Kier alpha value is -1.58. The zero-order valence-corrected chi connectivity index (χ0v) is 13.3. The topological polar surface area (TPSA) is 9.23 Å². The van der Waals surface area contributed by atoms with Crippen molar-refractivity contribution in [2.24, 2.45) is 0 Å². The summed E-state index contributed by atoms with van der Waals surface area (Å²) in [6, 6.07) is 16.7. The molecule has 0 saturated heterocycles. The van der Waals surface area contributed by atoms with Crippen molar-refractivity contribution in [3.8, 4) is 5.75 Å². The van der Waals surface area contributed by atoms with E-state index >= 15 is 0 Å². The van der Waals surface area contributed by atoms with Crippen LogP contribution >= 0.6 is 27.5 Å². The van der Waals surface area contributed by atoms with Crippen LogP contribution in [-0.4, -0.2) is 0 Å². The van der Waals surface area contributed by atoms with Crippen molar-refractivity contribution in [1.29, 1.82) is 0 Å². The van der Waals surface area contributed by atoms with Gasteiger partial charge in [-0.3, -0.25) is 0 Å². The van der Waals surface area contributed by atoms with Crippen molar-refractivity contribution in [1.82, 2.24) is 0 Å². The zero-order valence-electron chi connectivity index (χ0n) is 10.9. The molecule has 0 unspecified atom stereocenters. The highest BCUT2D eigenvalue weighted by molar-refractivity contribution is 9.10. The first-order valence-corrected chi connectivity index (χ1v) is 7.55. The molecule has 0 atom stereocenters. The van der Waals surface area contributed by atoms with E-state index in [0.717, 1.165) is 15.2 Å². The summed E-state index contributed by atoms with van der Waals surface area (Å²) in [4.78, 5) is 0. The normalized spacial score (nSPS) is 10.8. The summed E-state index contributed by atoms with van der Waals surface area (Å²) in [6.07, 6.45) is 0. The van der Waals surface area contributed by atoms with E-state index in [2.05, 4.69) is 15.9 Å². The molecule has 21 heavy (non-hydrogen) atoms. The third-order valence-corrected chi connectivity index (χ3v) is 3.98. The summed E-state index contributed by atoms with van der Waals surface area (Å²) < 4.78 is 20.5. The van der Waals surface area contributed by atoms with Gasteiger partial charge in [-0.2, -0.15) is 0 Å². The first-order valence-electron chi connectivity index (χ1n) is 6.38. The highest BCUT2D eigenvalue weighted by Gasteiger charge is 2.07. The molecule has 0 aliphatic heterocycles. The highest BCUT2D eigenvalue weighted by Crippen LogP contribution is 2.25. The average Bonchev–Trinajstić information content (AvgIpc) is 2.49. The largest absolute Gasteiger partial charge is 0.489 e. The summed E-state index contributed by atoms with van der Waals surface area (Å²) in [6.45, 7) is 0.147. The minimum atomic E-state index is -0.427. The van der Waals surface area contributed by atoms with Gasteiger partial charge in [0.15, 0.2) is 0 Å². The lowest BCUT2D eigenvalue weighted by molar-refractivity contribution is 0.300. The second-order valence-corrected chi connectivity index (χ2v) is 5.98. The molecule has 0 spiro atoms. The average molecular weight is 366 g/mol. The van der Waals surface area contributed by atoms with Crippen LogP contribution < -0.4 is 4.74 Å². The number of halogens is 3. The molecule has 0 bridgehead atoms. The lowest BCUT2D eigenvalue weighted by Crippen LogP contribution is -1.98. The van der Waals surface area contributed by atoms with Crippen LogP contribution in [0.1, 0.15) is 5.56 Å². The maximum Gasteiger partial charge on any atom is 0.148 e. The third-order valence-electron chi connectivity index (χ3n) is 3.20. The van der Waals surface area contributed by atoms with Gasteiger partial charge in [0.05, 0.1) is 5.02 Å². The molecule has 4 heteroatoms. The Morgan fingerprint density at radius 1 is 1.00 bits per heavy atom. The molecule has 106 valence electrons. The Bertz CT molecular complexity index is 804. The molecule has 0 heterocycles.